The second-order valence-corrected chi connectivity index (χ2v) is 6.00. The monoisotopic (exact) mass is 297 g/mol. The Bertz CT molecular complexity index is 493. The maximum atomic E-state index is 11.8. The summed E-state index contributed by atoms with van der Waals surface area (Å²) in [4.78, 5) is 36.2. The van der Waals surface area contributed by atoms with Gasteiger partial charge in [0.15, 0.2) is 12.4 Å². The van der Waals surface area contributed by atoms with Gasteiger partial charge >= 0.3 is 5.97 Å². The fourth-order valence-electron chi connectivity index (χ4n) is 1.51. The van der Waals surface area contributed by atoms with Gasteiger partial charge in [0.05, 0.1) is 11.3 Å². The molecular weight excluding hydrogens is 278 g/mol. The number of aryl methyl sites for hydroxylation is 1. The Labute approximate surface area is 122 Å². The highest BCUT2D eigenvalue weighted by atomic mass is 32.1. The van der Waals surface area contributed by atoms with E-state index in [1.807, 2.05) is 26.8 Å². The van der Waals surface area contributed by atoms with E-state index in [2.05, 4.69) is 5.32 Å². The Morgan fingerprint density at radius 1 is 1.25 bits per heavy atom. The lowest BCUT2D eigenvalue weighted by Gasteiger charge is -2.08. The third kappa shape index (κ3) is 5.97. The fourth-order valence-corrected chi connectivity index (χ4v) is 2.34. The van der Waals surface area contributed by atoms with Crippen LogP contribution >= 0.6 is 11.3 Å². The largest absolute Gasteiger partial charge is 0.456 e. The molecule has 0 fully saturated rings. The maximum Gasteiger partial charge on any atom is 0.306 e. The zero-order chi connectivity index (χ0) is 15.1. The van der Waals surface area contributed by atoms with Crippen molar-refractivity contribution in [2.45, 2.75) is 39.7 Å². The molecule has 0 aromatic carbocycles. The molecule has 1 rings (SSSR count). The van der Waals surface area contributed by atoms with Crippen LogP contribution < -0.4 is 5.32 Å². The lowest BCUT2D eigenvalue weighted by Crippen LogP contribution is -2.34. The van der Waals surface area contributed by atoms with Crippen molar-refractivity contribution in [1.82, 2.24) is 5.32 Å². The van der Waals surface area contributed by atoms with E-state index < -0.39 is 5.97 Å². The molecule has 1 amide bonds. The topological polar surface area (TPSA) is 72.5 Å². The van der Waals surface area contributed by atoms with Gasteiger partial charge in [0, 0.05) is 17.3 Å². The van der Waals surface area contributed by atoms with Gasteiger partial charge in [-0.25, -0.2) is 0 Å². The van der Waals surface area contributed by atoms with E-state index in [0.717, 1.165) is 4.88 Å². The number of carbonyl (C=O) groups is 3. The summed E-state index contributed by atoms with van der Waals surface area (Å²) in [6.45, 7) is 5.26. The van der Waals surface area contributed by atoms with E-state index in [9.17, 15) is 14.4 Å². The van der Waals surface area contributed by atoms with Crippen molar-refractivity contribution in [3.05, 3.63) is 21.9 Å². The van der Waals surface area contributed by atoms with Crippen molar-refractivity contribution in [2.75, 3.05) is 6.61 Å². The first-order valence-electron chi connectivity index (χ1n) is 6.43. The van der Waals surface area contributed by atoms with Crippen molar-refractivity contribution in [1.29, 1.82) is 0 Å². The highest BCUT2D eigenvalue weighted by Crippen LogP contribution is 2.17. The minimum absolute atomic E-state index is 0.00449. The van der Waals surface area contributed by atoms with Crippen LogP contribution in [0, 0.1) is 6.92 Å². The normalized spacial score (nSPS) is 10.4. The average molecular weight is 297 g/mol. The maximum absolute atomic E-state index is 11.8. The first-order chi connectivity index (χ1) is 9.38. The van der Waals surface area contributed by atoms with Gasteiger partial charge in [-0.3, -0.25) is 14.4 Å². The fraction of sp³-hybridized carbons (Fsp3) is 0.500. The predicted molar refractivity (Wildman–Crippen MR) is 76.9 cm³/mol. The summed E-state index contributed by atoms with van der Waals surface area (Å²) >= 11 is 1.41. The molecule has 1 aromatic rings. The summed E-state index contributed by atoms with van der Waals surface area (Å²) in [7, 11) is 0. The van der Waals surface area contributed by atoms with Gasteiger partial charge in [-0.1, -0.05) is 0 Å². The Kier molecular flexibility index (Phi) is 6.38. The van der Waals surface area contributed by atoms with Crippen LogP contribution in [0.25, 0.3) is 0 Å². The third-order valence-corrected chi connectivity index (χ3v) is 3.43. The summed E-state index contributed by atoms with van der Waals surface area (Å²) in [5.41, 5.74) is 0. The molecule has 6 heteroatoms. The number of Topliss-reactive ketones (excluding diaryl/α,β-unsaturated/α-hetero) is 1. The van der Waals surface area contributed by atoms with E-state index in [1.54, 1.807) is 6.07 Å². The second-order valence-electron chi connectivity index (χ2n) is 4.72. The van der Waals surface area contributed by atoms with Crippen molar-refractivity contribution in [3.8, 4) is 0 Å². The SMILES string of the molecule is Cc1ccc(C(=O)CCC(=O)OCC(=O)NC(C)C)s1. The number of hydrogen-bond acceptors (Lipinski definition) is 5. The summed E-state index contributed by atoms with van der Waals surface area (Å²) in [5, 5.41) is 2.61. The van der Waals surface area contributed by atoms with Gasteiger partial charge < -0.3 is 10.1 Å². The van der Waals surface area contributed by atoms with Crippen LogP contribution in [0.1, 0.15) is 41.2 Å². The number of thiophene rings is 1. The molecule has 5 nitrogen and oxygen atoms in total. The molecular formula is C14H19NO4S. The van der Waals surface area contributed by atoms with Crippen LogP contribution in [0.3, 0.4) is 0 Å². The molecule has 20 heavy (non-hydrogen) atoms. The molecule has 0 spiro atoms. The molecule has 1 N–H and O–H groups in total. The number of esters is 1. The number of carbonyl (C=O) groups excluding carboxylic acids is 3. The van der Waals surface area contributed by atoms with Crippen LogP contribution in [0.5, 0.6) is 0 Å². The molecule has 0 atom stereocenters. The first kappa shape index (κ1) is 16.4. The van der Waals surface area contributed by atoms with E-state index in [1.165, 1.54) is 11.3 Å². The van der Waals surface area contributed by atoms with E-state index in [4.69, 9.17) is 4.74 Å². The van der Waals surface area contributed by atoms with E-state index in [-0.39, 0.29) is 37.2 Å². The summed E-state index contributed by atoms with van der Waals surface area (Å²) in [5.74, 6) is -0.953. The number of ketones is 1. The summed E-state index contributed by atoms with van der Waals surface area (Å²) < 4.78 is 4.80. The molecule has 110 valence electrons. The van der Waals surface area contributed by atoms with E-state index in [0.29, 0.717) is 4.88 Å². The van der Waals surface area contributed by atoms with Crippen molar-refractivity contribution in [2.24, 2.45) is 0 Å². The summed E-state index contributed by atoms with van der Waals surface area (Å²) in [6.07, 6.45) is 0.0926. The Morgan fingerprint density at radius 3 is 2.50 bits per heavy atom. The average Bonchev–Trinajstić information content (AvgIpc) is 2.79. The van der Waals surface area contributed by atoms with Gasteiger partial charge in [-0.15, -0.1) is 11.3 Å². The van der Waals surface area contributed by atoms with Gasteiger partial charge in [0.1, 0.15) is 0 Å². The lowest BCUT2D eigenvalue weighted by atomic mass is 10.2. The molecule has 1 heterocycles. The molecule has 0 aliphatic carbocycles. The van der Waals surface area contributed by atoms with Crippen LogP contribution in [0.2, 0.25) is 0 Å². The predicted octanol–water partition coefficient (Wildman–Crippen LogP) is 2.09. The molecule has 0 saturated heterocycles. The van der Waals surface area contributed by atoms with Crippen molar-refractivity contribution < 1.29 is 19.1 Å². The highest BCUT2D eigenvalue weighted by Gasteiger charge is 2.13. The van der Waals surface area contributed by atoms with Gasteiger partial charge in [-0.05, 0) is 32.9 Å². The molecule has 1 aromatic heterocycles. The zero-order valence-electron chi connectivity index (χ0n) is 11.9. The van der Waals surface area contributed by atoms with Crippen molar-refractivity contribution in [3.63, 3.8) is 0 Å². The molecule has 0 radical (unpaired) electrons. The molecule has 0 unspecified atom stereocenters. The standard InChI is InChI=1S/C14H19NO4S/c1-9(2)15-13(17)8-19-14(18)7-5-11(16)12-6-4-10(3)20-12/h4,6,9H,5,7-8H2,1-3H3,(H,15,17). The number of hydrogen-bond donors (Lipinski definition) is 1. The van der Waals surface area contributed by atoms with Gasteiger partial charge in [0.25, 0.3) is 5.91 Å². The van der Waals surface area contributed by atoms with Gasteiger partial charge in [-0.2, -0.15) is 0 Å². The quantitative estimate of drug-likeness (QED) is 0.618. The number of nitrogens with one attached hydrogen (secondary N) is 1. The van der Waals surface area contributed by atoms with Crippen molar-refractivity contribution >= 4 is 29.0 Å². The Balaban J connectivity index is 2.26. The molecule has 0 aliphatic heterocycles. The highest BCUT2D eigenvalue weighted by molar-refractivity contribution is 7.14. The smallest absolute Gasteiger partial charge is 0.306 e. The van der Waals surface area contributed by atoms with Crippen LogP contribution in [-0.2, 0) is 14.3 Å². The minimum atomic E-state index is -0.537. The minimum Gasteiger partial charge on any atom is -0.456 e. The lowest BCUT2D eigenvalue weighted by molar-refractivity contribution is -0.148. The van der Waals surface area contributed by atoms with Crippen LogP contribution in [0.15, 0.2) is 12.1 Å². The van der Waals surface area contributed by atoms with Gasteiger partial charge in [0.2, 0.25) is 0 Å². The third-order valence-electron chi connectivity index (χ3n) is 2.39. The molecule has 0 saturated carbocycles. The molecule has 0 aliphatic rings. The number of amides is 1. The van der Waals surface area contributed by atoms with Crippen LogP contribution in [-0.4, -0.2) is 30.3 Å². The zero-order valence-corrected chi connectivity index (χ0v) is 12.7. The second kappa shape index (κ2) is 7.79. The number of rotatable bonds is 7. The Hall–Kier alpha value is -1.69. The van der Waals surface area contributed by atoms with Crippen LogP contribution in [0.4, 0.5) is 0 Å². The Morgan fingerprint density at radius 2 is 1.95 bits per heavy atom. The summed E-state index contributed by atoms with van der Waals surface area (Å²) in [6, 6.07) is 3.63. The molecule has 0 bridgehead atoms. The number of ether oxygens (including phenoxy) is 1. The van der Waals surface area contributed by atoms with E-state index >= 15 is 0 Å². The first-order valence-corrected chi connectivity index (χ1v) is 7.24.